The van der Waals surface area contributed by atoms with Crippen molar-refractivity contribution in [1.29, 1.82) is 0 Å². The van der Waals surface area contributed by atoms with E-state index in [1.807, 2.05) is 5.32 Å². The number of nitrogens with zero attached hydrogens (tertiary/aromatic N) is 2. The van der Waals surface area contributed by atoms with E-state index in [4.69, 9.17) is 0 Å². The molecule has 1 saturated heterocycles. The van der Waals surface area contributed by atoms with Gasteiger partial charge in [0.1, 0.15) is 5.57 Å². The Bertz CT molecular complexity index is 1960. The normalized spacial score (nSPS) is 24.2. The van der Waals surface area contributed by atoms with E-state index in [0.29, 0.717) is 34.3 Å². The summed E-state index contributed by atoms with van der Waals surface area (Å²) < 4.78 is 0. The second-order valence-corrected chi connectivity index (χ2v) is 13.8. The second-order valence-electron chi connectivity index (χ2n) is 13.8. The Morgan fingerprint density at radius 1 is 0.808 bits per heavy atom. The fourth-order valence-electron chi connectivity index (χ4n) is 7.73. The predicted molar refractivity (Wildman–Crippen MR) is 186 cm³/mol. The summed E-state index contributed by atoms with van der Waals surface area (Å²) >= 11 is 0. The average Bonchev–Trinajstić information content (AvgIpc) is 3.84. The summed E-state index contributed by atoms with van der Waals surface area (Å²) in [5.41, 5.74) is -0.753. The molecule has 2 unspecified atom stereocenters. The summed E-state index contributed by atoms with van der Waals surface area (Å²) in [5.74, 6) is -6.61. The van der Waals surface area contributed by atoms with Gasteiger partial charge in [0, 0.05) is 35.0 Å². The minimum Gasteiger partial charge on any atom is -0.494 e. The monoisotopic (exact) mass is 710 g/mol. The Labute approximate surface area is 298 Å². The van der Waals surface area contributed by atoms with Gasteiger partial charge in [-0.05, 0) is 68.0 Å². The highest BCUT2D eigenvalue weighted by Gasteiger charge is 2.55. The molecule has 0 radical (unpaired) electrons. The maximum Gasteiger partial charge on any atom is 0.335 e. The number of urea groups is 1. The number of anilines is 4. The van der Waals surface area contributed by atoms with Crippen LogP contribution < -0.4 is 31.1 Å². The first-order chi connectivity index (χ1) is 25.0. The van der Waals surface area contributed by atoms with Crippen LogP contribution in [0.2, 0.25) is 0 Å². The molecule has 4 fully saturated rings. The van der Waals surface area contributed by atoms with E-state index in [0.717, 1.165) is 51.4 Å². The van der Waals surface area contributed by atoms with Crippen molar-refractivity contribution in [1.82, 2.24) is 10.6 Å². The fourth-order valence-corrected chi connectivity index (χ4v) is 7.73. The van der Waals surface area contributed by atoms with E-state index in [9.17, 15) is 43.8 Å². The average molecular weight is 711 g/mol. The van der Waals surface area contributed by atoms with Crippen LogP contribution in [0, 0.1) is 17.8 Å². The van der Waals surface area contributed by atoms with Crippen LogP contribution in [-0.4, -0.2) is 64.3 Å². The maximum atomic E-state index is 13.7. The number of rotatable bonds is 8. The number of hydrogen-bond donors (Lipinski definition) is 6. The van der Waals surface area contributed by atoms with Gasteiger partial charge in [0.15, 0.2) is 5.78 Å². The zero-order valence-electron chi connectivity index (χ0n) is 28.1. The Kier molecular flexibility index (Phi) is 9.36. The van der Waals surface area contributed by atoms with Crippen LogP contribution in [0.4, 0.5) is 27.5 Å². The molecule has 270 valence electrons. The van der Waals surface area contributed by atoms with Crippen LogP contribution in [0.1, 0.15) is 57.8 Å². The van der Waals surface area contributed by atoms with Gasteiger partial charge in [-0.15, -0.1) is 0 Å². The van der Waals surface area contributed by atoms with Gasteiger partial charge in [0.05, 0.1) is 30.0 Å². The van der Waals surface area contributed by atoms with Crippen LogP contribution in [0.15, 0.2) is 71.1 Å². The van der Waals surface area contributed by atoms with Crippen molar-refractivity contribution in [3.8, 4) is 0 Å². The first kappa shape index (κ1) is 34.6. The van der Waals surface area contributed by atoms with Gasteiger partial charge in [-0.2, -0.15) is 0 Å². The molecule has 52 heavy (non-hydrogen) atoms. The molecule has 0 spiro atoms. The molecule has 15 nitrogen and oxygen atoms in total. The summed E-state index contributed by atoms with van der Waals surface area (Å²) in [5, 5.41) is 32.8. The van der Waals surface area contributed by atoms with Gasteiger partial charge in [-0.25, -0.2) is 9.69 Å². The number of aliphatic hydroxyl groups excluding tert-OH is 2. The molecule has 0 bridgehead atoms. The Hall–Kier alpha value is -5.83. The van der Waals surface area contributed by atoms with E-state index in [2.05, 4.69) is 16.0 Å². The number of benzene rings is 2. The van der Waals surface area contributed by atoms with E-state index in [1.165, 1.54) is 23.1 Å². The van der Waals surface area contributed by atoms with E-state index in [-0.39, 0.29) is 30.1 Å². The number of carbonyl (C=O) groups is 7. The SMILES string of the molecule is O=C(CC1CCCC1)Nc1cccc(N2CNC(=O)C(C3C(=O)/C(=C4/C(=O)NC(=O)N(c5cccc(NC(=O)C6CCCC6)c5)C4=O)C3O)=C2O)c1. The van der Waals surface area contributed by atoms with Crippen molar-refractivity contribution >= 4 is 64.1 Å². The van der Waals surface area contributed by atoms with E-state index < -0.39 is 64.2 Å². The first-order valence-electron chi connectivity index (χ1n) is 17.5. The summed E-state index contributed by atoms with van der Waals surface area (Å²) in [6, 6.07) is 11.3. The molecule has 3 aliphatic carbocycles. The van der Waals surface area contributed by atoms with E-state index >= 15 is 0 Å². The summed E-state index contributed by atoms with van der Waals surface area (Å²) in [7, 11) is 0. The minimum absolute atomic E-state index is 0.00487. The third-order valence-electron chi connectivity index (χ3n) is 10.4. The number of nitrogens with one attached hydrogen (secondary N) is 4. The lowest BCUT2D eigenvalue weighted by Gasteiger charge is -2.40. The molecule has 2 aromatic rings. The Morgan fingerprint density at radius 2 is 1.44 bits per heavy atom. The van der Waals surface area contributed by atoms with Crippen LogP contribution in [-0.2, 0) is 28.8 Å². The predicted octanol–water partition coefficient (Wildman–Crippen LogP) is 3.14. The topological polar surface area (TPSA) is 215 Å². The number of ketones is 1. The highest BCUT2D eigenvalue weighted by Crippen LogP contribution is 2.41. The highest BCUT2D eigenvalue weighted by atomic mass is 16.3. The smallest absolute Gasteiger partial charge is 0.335 e. The van der Waals surface area contributed by atoms with Crippen LogP contribution >= 0.6 is 0 Å². The minimum atomic E-state index is -1.87. The zero-order chi connectivity index (χ0) is 36.7. The Balaban J connectivity index is 1.12. The molecule has 2 heterocycles. The molecular weight excluding hydrogens is 672 g/mol. The van der Waals surface area contributed by atoms with Crippen molar-refractivity contribution in [2.24, 2.45) is 17.8 Å². The van der Waals surface area contributed by atoms with Gasteiger partial charge in [-0.1, -0.05) is 37.8 Å². The van der Waals surface area contributed by atoms with Crippen molar-refractivity contribution in [3.63, 3.8) is 0 Å². The summed E-state index contributed by atoms with van der Waals surface area (Å²) in [6.45, 7) is -0.198. The van der Waals surface area contributed by atoms with Gasteiger partial charge >= 0.3 is 6.03 Å². The Morgan fingerprint density at radius 3 is 2.13 bits per heavy atom. The number of aliphatic hydroxyl groups is 2. The van der Waals surface area contributed by atoms with Crippen molar-refractivity contribution in [2.75, 3.05) is 27.1 Å². The maximum absolute atomic E-state index is 13.7. The van der Waals surface area contributed by atoms with Gasteiger partial charge in [0.2, 0.25) is 17.7 Å². The standard InChI is InChI=1S/C37H38N6O9/c44-25(15-19-7-1-2-8-19)39-21-11-5-13-23(16-21)42-18-38-33(48)28(35(42)50)26-30(45)27(31(26)46)29-34(49)41-37(52)43(36(29)51)24-14-6-12-22(17-24)40-32(47)20-9-3-4-10-20/h5-6,11-14,16-17,19-20,26,30,45,50H,1-4,7-10,15,18H2,(H,38,48)(H,39,44)(H,40,47)(H,41,49,52)/b29-27-. The lowest BCUT2D eigenvalue weighted by atomic mass is 9.68. The molecule has 7 amide bonds. The summed E-state index contributed by atoms with van der Waals surface area (Å²) in [4.78, 5) is 93.6. The number of hydrogen-bond acceptors (Lipinski definition) is 10. The fraction of sp³-hybridized carbons (Fsp3) is 0.378. The molecule has 2 atom stereocenters. The van der Waals surface area contributed by atoms with E-state index in [1.54, 1.807) is 30.3 Å². The van der Waals surface area contributed by atoms with Crippen LogP contribution in [0.3, 0.4) is 0 Å². The molecule has 7 rings (SSSR count). The van der Waals surface area contributed by atoms with Gasteiger partial charge in [0.25, 0.3) is 17.7 Å². The molecule has 2 aromatic carbocycles. The molecule has 2 aliphatic heterocycles. The number of Topliss-reactive ketones (excluding diaryl/α,β-unsaturated/α-hetero) is 1. The molecule has 15 heteroatoms. The summed E-state index contributed by atoms with van der Waals surface area (Å²) in [6.07, 6.45) is 6.19. The molecule has 3 saturated carbocycles. The highest BCUT2D eigenvalue weighted by molar-refractivity contribution is 6.40. The van der Waals surface area contributed by atoms with Gasteiger partial charge in [-0.3, -0.25) is 39.0 Å². The van der Waals surface area contributed by atoms with Crippen LogP contribution in [0.25, 0.3) is 0 Å². The van der Waals surface area contributed by atoms with Crippen LogP contribution in [0.5, 0.6) is 0 Å². The first-order valence-corrected chi connectivity index (χ1v) is 17.5. The van der Waals surface area contributed by atoms with Crippen molar-refractivity contribution in [3.05, 3.63) is 71.1 Å². The molecular formula is C37H38N6O9. The molecule has 5 aliphatic rings. The largest absolute Gasteiger partial charge is 0.494 e. The molecule has 0 aromatic heterocycles. The number of barbiturate groups is 1. The number of imide groups is 2. The number of amides is 7. The number of carbonyl (C=O) groups excluding carboxylic acids is 7. The second kappa shape index (κ2) is 14.1. The van der Waals surface area contributed by atoms with Crippen molar-refractivity contribution in [2.45, 2.75) is 63.9 Å². The lowest BCUT2D eigenvalue weighted by Crippen LogP contribution is -2.59. The third kappa shape index (κ3) is 6.43. The zero-order valence-corrected chi connectivity index (χ0v) is 28.1. The third-order valence-corrected chi connectivity index (χ3v) is 10.4. The van der Waals surface area contributed by atoms with Crippen molar-refractivity contribution < 1.29 is 43.8 Å². The lowest BCUT2D eigenvalue weighted by molar-refractivity contribution is -0.133. The quantitative estimate of drug-likeness (QED) is 0.174. The van der Waals surface area contributed by atoms with Gasteiger partial charge < -0.3 is 26.2 Å². The molecule has 6 N–H and O–H groups in total.